The number of Topliss-reactive ketones (excluding diaryl/α,β-unsaturated/α-hetero) is 1. The quantitative estimate of drug-likeness (QED) is 0.290. The van der Waals surface area contributed by atoms with Crippen LogP contribution in [0, 0.1) is 0 Å². The molecule has 1 unspecified atom stereocenters. The van der Waals surface area contributed by atoms with Crippen LogP contribution in [-0.4, -0.2) is 35.9 Å². The minimum absolute atomic E-state index is 0.0935. The van der Waals surface area contributed by atoms with Gasteiger partial charge in [-0.15, -0.1) is 0 Å². The zero-order valence-electron chi connectivity index (χ0n) is 13.2. The van der Waals surface area contributed by atoms with Gasteiger partial charge in [0.2, 0.25) is 0 Å². The molecule has 0 spiro atoms. The Bertz CT molecular complexity index is 635. The Hall–Kier alpha value is -1.41. The van der Waals surface area contributed by atoms with Crippen molar-refractivity contribution in [2.75, 3.05) is 18.2 Å². The maximum atomic E-state index is 12.5. The monoisotopic (exact) mass is 447 g/mol. The second kappa shape index (κ2) is 8.44. The summed E-state index contributed by atoms with van der Waals surface area (Å²) in [5, 5.41) is 6.62. The lowest BCUT2D eigenvalue weighted by Crippen LogP contribution is -2.52. The van der Waals surface area contributed by atoms with E-state index in [0.29, 0.717) is 27.7 Å². The van der Waals surface area contributed by atoms with E-state index in [4.69, 9.17) is 5.73 Å². The summed E-state index contributed by atoms with van der Waals surface area (Å²) in [6.45, 7) is 3.55. The van der Waals surface area contributed by atoms with Crippen molar-refractivity contribution in [1.29, 1.82) is 0 Å². The van der Waals surface area contributed by atoms with E-state index in [2.05, 4.69) is 47.2 Å². The van der Waals surface area contributed by atoms with Gasteiger partial charge in [0.15, 0.2) is 5.78 Å². The number of nitrogens with one attached hydrogen (secondary N) is 1. The molecule has 0 aliphatic heterocycles. The van der Waals surface area contributed by atoms with Crippen LogP contribution in [0.2, 0.25) is 0 Å². The van der Waals surface area contributed by atoms with Gasteiger partial charge in [-0.2, -0.15) is 0 Å². The highest BCUT2D eigenvalue weighted by Crippen LogP contribution is 2.25. The highest BCUT2D eigenvalue weighted by Gasteiger charge is 2.32. The minimum Gasteiger partial charge on any atom is -0.399 e. The summed E-state index contributed by atoms with van der Waals surface area (Å²) >= 11 is 6.46. The largest absolute Gasteiger partial charge is 0.399 e. The second-order valence-electron chi connectivity index (χ2n) is 5.07. The van der Waals surface area contributed by atoms with Crippen LogP contribution in [0.15, 0.2) is 21.8 Å². The zero-order chi connectivity index (χ0) is 17.6. The van der Waals surface area contributed by atoms with Crippen molar-refractivity contribution in [3.63, 3.8) is 0 Å². The number of hydrogen-bond acceptors (Lipinski definition) is 5. The minimum atomic E-state index is -0.935. The standard InChI is InChI=1S/C15H19Br2N3O3/c1-4-15(2,12(21)7-16)20-14(22)9-5-10(8-19-23-3)13(18)11(17)6-9/h5-6,8H,4,7,18H2,1-3H3,(H,20,22)/b19-8+. The first-order valence-electron chi connectivity index (χ1n) is 6.86. The number of anilines is 1. The molecule has 0 aliphatic carbocycles. The van der Waals surface area contributed by atoms with Crippen LogP contribution in [0.1, 0.15) is 36.2 Å². The Labute approximate surface area is 152 Å². The van der Waals surface area contributed by atoms with Crippen molar-refractivity contribution in [2.24, 2.45) is 5.16 Å². The average Bonchev–Trinajstić information content (AvgIpc) is 2.54. The third kappa shape index (κ3) is 4.78. The van der Waals surface area contributed by atoms with Gasteiger partial charge in [-0.3, -0.25) is 9.59 Å². The summed E-state index contributed by atoms with van der Waals surface area (Å²) in [5.41, 5.74) is 6.34. The van der Waals surface area contributed by atoms with Crippen LogP contribution in [0.3, 0.4) is 0 Å². The maximum Gasteiger partial charge on any atom is 0.252 e. The Balaban J connectivity index is 3.15. The van der Waals surface area contributed by atoms with Gasteiger partial charge in [0.25, 0.3) is 5.91 Å². The van der Waals surface area contributed by atoms with E-state index in [0.717, 1.165) is 0 Å². The van der Waals surface area contributed by atoms with E-state index < -0.39 is 5.54 Å². The number of amides is 1. The first-order valence-corrected chi connectivity index (χ1v) is 8.77. The van der Waals surface area contributed by atoms with Gasteiger partial charge < -0.3 is 15.9 Å². The van der Waals surface area contributed by atoms with Gasteiger partial charge in [-0.25, -0.2) is 0 Å². The molecule has 0 saturated carbocycles. The lowest BCUT2D eigenvalue weighted by Gasteiger charge is -2.27. The van der Waals surface area contributed by atoms with Crippen LogP contribution in [0.25, 0.3) is 0 Å². The number of rotatable bonds is 7. The normalized spacial score (nSPS) is 13.6. The fraction of sp³-hybridized carbons (Fsp3) is 0.400. The number of carbonyl (C=O) groups excluding carboxylic acids is 2. The van der Waals surface area contributed by atoms with Crippen LogP contribution in [-0.2, 0) is 9.63 Å². The lowest BCUT2D eigenvalue weighted by molar-refractivity contribution is -0.122. The number of benzene rings is 1. The molecule has 0 fully saturated rings. The van der Waals surface area contributed by atoms with E-state index in [1.807, 2.05) is 6.92 Å². The summed E-state index contributed by atoms with van der Waals surface area (Å²) < 4.78 is 0.563. The number of nitrogens with two attached hydrogens (primary N) is 1. The van der Waals surface area contributed by atoms with Crippen molar-refractivity contribution < 1.29 is 14.4 Å². The molecule has 6 nitrogen and oxygen atoms in total. The molecule has 1 atom stereocenters. The van der Waals surface area contributed by atoms with E-state index in [1.165, 1.54) is 13.3 Å². The van der Waals surface area contributed by atoms with Crippen molar-refractivity contribution in [3.05, 3.63) is 27.7 Å². The van der Waals surface area contributed by atoms with Crippen LogP contribution >= 0.6 is 31.9 Å². The molecule has 23 heavy (non-hydrogen) atoms. The molecule has 1 aromatic rings. The van der Waals surface area contributed by atoms with E-state index in [9.17, 15) is 9.59 Å². The molecule has 3 N–H and O–H groups in total. The molecule has 126 valence electrons. The number of halogens is 2. The molecule has 0 aliphatic rings. The van der Waals surface area contributed by atoms with Gasteiger partial charge in [0, 0.05) is 15.6 Å². The Morgan fingerprint density at radius 2 is 2.13 bits per heavy atom. The Kier molecular flexibility index (Phi) is 7.21. The molecule has 1 aromatic carbocycles. The van der Waals surface area contributed by atoms with Crippen molar-refractivity contribution in [2.45, 2.75) is 25.8 Å². The highest BCUT2D eigenvalue weighted by molar-refractivity contribution is 9.10. The summed E-state index contributed by atoms with van der Waals surface area (Å²) in [6.07, 6.45) is 1.90. The Morgan fingerprint density at radius 1 is 1.48 bits per heavy atom. The molecule has 1 rings (SSSR count). The van der Waals surface area contributed by atoms with Crippen LogP contribution < -0.4 is 11.1 Å². The fourth-order valence-corrected chi connectivity index (χ4v) is 2.91. The first-order chi connectivity index (χ1) is 10.8. The third-order valence-electron chi connectivity index (χ3n) is 3.55. The van der Waals surface area contributed by atoms with Crippen LogP contribution in [0.5, 0.6) is 0 Å². The molecule has 1 amide bonds. The summed E-state index contributed by atoms with van der Waals surface area (Å²) in [6, 6.07) is 3.19. The van der Waals surface area contributed by atoms with Gasteiger partial charge in [0.1, 0.15) is 7.11 Å². The third-order valence-corrected chi connectivity index (χ3v) is 4.72. The molecule has 0 radical (unpaired) electrons. The van der Waals surface area contributed by atoms with E-state index in [-0.39, 0.29) is 17.0 Å². The predicted octanol–water partition coefficient (Wildman–Crippen LogP) is 2.87. The highest BCUT2D eigenvalue weighted by atomic mass is 79.9. The average molecular weight is 449 g/mol. The number of oxime groups is 1. The predicted molar refractivity (Wildman–Crippen MR) is 98.1 cm³/mol. The smallest absolute Gasteiger partial charge is 0.252 e. The van der Waals surface area contributed by atoms with Gasteiger partial charge in [-0.1, -0.05) is 28.0 Å². The summed E-state index contributed by atoms with van der Waals surface area (Å²) in [7, 11) is 1.41. The molecule has 0 bridgehead atoms. The molecular formula is C15H19Br2N3O3. The first kappa shape index (κ1) is 19.6. The number of hydrogen-bond donors (Lipinski definition) is 2. The number of carbonyl (C=O) groups is 2. The van der Waals surface area contributed by atoms with Crippen molar-refractivity contribution in [3.8, 4) is 0 Å². The summed E-state index contributed by atoms with van der Waals surface area (Å²) in [5.74, 6) is -0.458. The summed E-state index contributed by atoms with van der Waals surface area (Å²) in [4.78, 5) is 29.2. The topological polar surface area (TPSA) is 93.8 Å². The molecule has 0 saturated heterocycles. The second-order valence-corrected chi connectivity index (χ2v) is 6.49. The lowest BCUT2D eigenvalue weighted by atomic mass is 9.93. The Morgan fingerprint density at radius 3 is 2.65 bits per heavy atom. The fourth-order valence-electron chi connectivity index (χ4n) is 1.81. The number of ketones is 1. The zero-order valence-corrected chi connectivity index (χ0v) is 16.3. The van der Waals surface area contributed by atoms with Crippen molar-refractivity contribution >= 4 is 55.5 Å². The van der Waals surface area contributed by atoms with Gasteiger partial charge in [-0.05, 0) is 41.4 Å². The molecular weight excluding hydrogens is 430 g/mol. The van der Waals surface area contributed by atoms with Crippen LogP contribution in [0.4, 0.5) is 5.69 Å². The van der Waals surface area contributed by atoms with Crippen molar-refractivity contribution in [1.82, 2.24) is 5.32 Å². The van der Waals surface area contributed by atoms with E-state index in [1.54, 1.807) is 19.1 Å². The number of alkyl halides is 1. The number of nitrogen functional groups attached to an aromatic ring is 1. The van der Waals surface area contributed by atoms with Gasteiger partial charge >= 0.3 is 0 Å². The maximum absolute atomic E-state index is 12.5. The molecule has 0 heterocycles. The van der Waals surface area contributed by atoms with Gasteiger partial charge in [0.05, 0.1) is 22.8 Å². The van der Waals surface area contributed by atoms with E-state index >= 15 is 0 Å². The SMILES string of the molecule is CCC(C)(NC(=O)c1cc(Br)c(N)c(/C=N/OC)c1)C(=O)CBr. The molecule has 0 aromatic heterocycles. The number of nitrogens with zero attached hydrogens (tertiary/aromatic N) is 1. The molecule has 8 heteroatoms.